The van der Waals surface area contributed by atoms with Gasteiger partial charge in [-0.1, -0.05) is 0 Å². The van der Waals surface area contributed by atoms with E-state index in [4.69, 9.17) is 10.8 Å². The number of carbonyl (C=O) groups excluding carboxylic acids is 2. The first-order chi connectivity index (χ1) is 7.80. The van der Waals surface area contributed by atoms with Crippen molar-refractivity contribution in [3.05, 3.63) is 29.8 Å². The smallest absolute Gasteiger partial charge is 0.251 e. The predicted molar refractivity (Wildman–Crippen MR) is 63.5 cm³/mol. The molecule has 1 rings (SSSR count). The molecule has 5 heteroatoms. The number of hydrogen-bond acceptors (Lipinski definition) is 3. The van der Waals surface area contributed by atoms with Gasteiger partial charge in [-0.3, -0.25) is 9.59 Å². The van der Waals surface area contributed by atoms with Gasteiger partial charge in [0.05, 0.1) is 0 Å². The highest BCUT2D eigenvalue weighted by Gasteiger charge is 2.23. The van der Waals surface area contributed by atoms with Crippen LogP contribution in [0.4, 0.5) is 0 Å². The van der Waals surface area contributed by atoms with Gasteiger partial charge >= 0.3 is 0 Å². The third-order valence-corrected chi connectivity index (χ3v) is 2.20. The summed E-state index contributed by atoms with van der Waals surface area (Å²) in [7, 11) is 0. The summed E-state index contributed by atoms with van der Waals surface area (Å²) >= 11 is 0. The Bertz CT molecular complexity index is 424. The Morgan fingerprint density at radius 1 is 1.29 bits per heavy atom. The van der Waals surface area contributed by atoms with E-state index in [2.05, 4.69) is 5.32 Å². The van der Waals surface area contributed by atoms with E-state index in [1.165, 1.54) is 24.3 Å². The molecule has 0 fully saturated rings. The molecule has 0 spiro atoms. The van der Waals surface area contributed by atoms with E-state index >= 15 is 0 Å². The molecule has 0 aliphatic rings. The summed E-state index contributed by atoms with van der Waals surface area (Å²) in [6, 6.07) is 5.86. The zero-order valence-corrected chi connectivity index (χ0v) is 9.86. The molecule has 0 unspecified atom stereocenters. The van der Waals surface area contributed by atoms with Crippen molar-refractivity contribution in [1.82, 2.24) is 5.32 Å². The number of nitrogens with two attached hydrogens (primary N) is 1. The molecule has 1 aromatic carbocycles. The molecular weight excluding hydrogens is 220 g/mol. The summed E-state index contributed by atoms with van der Waals surface area (Å²) in [6.45, 7) is 3.44. The number of benzene rings is 1. The molecular formula is C12H16N2O3. The van der Waals surface area contributed by atoms with E-state index in [-0.39, 0.29) is 18.1 Å². The molecule has 0 aliphatic heterocycles. The van der Waals surface area contributed by atoms with Crippen LogP contribution in [-0.4, -0.2) is 22.5 Å². The third kappa shape index (κ3) is 4.14. The Balaban J connectivity index is 2.72. The Labute approximate surface area is 99.6 Å². The highest BCUT2D eigenvalue weighted by Crippen LogP contribution is 2.12. The first-order valence-electron chi connectivity index (χ1n) is 5.20. The molecule has 1 aromatic rings. The van der Waals surface area contributed by atoms with Gasteiger partial charge < -0.3 is 16.2 Å². The Morgan fingerprint density at radius 3 is 2.29 bits per heavy atom. The quantitative estimate of drug-likeness (QED) is 0.721. The van der Waals surface area contributed by atoms with Crippen molar-refractivity contribution in [3.8, 4) is 5.75 Å². The van der Waals surface area contributed by atoms with Crippen LogP contribution < -0.4 is 11.1 Å². The number of hydrogen-bond donors (Lipinski definition) is 3. The van der Waals surface area contributed by atoms with Gasteiger partial charge in [0.1, 0.15) is 5.75 Å². The van der Waals surface area contributed by atoms with E-state index in [0.717, 1.165) is 0 Å². The van der Waals surface area contributed by atoms with Crippen LogP contribution in [0.25, 0.3) is 0 Å². The number of aromatic hydroxyl groups is 1. The molecule has 0 radical (unpaired) electrons. The fourth-order valence-electron chi connectivity index (χ4n) is 1.47. The summed E-state index contributed by atoms with van der Waals surface area (Å²) in [5.74, 6) is -0.685. The van der Waals surface area contributed by atoms with Gasteiger partial charge in [-0.15, -0.1) is 0 Å². The average molecular weight is 236 g/mol. The molecule has 0 heterocycles. The third-order valence-electron chi connectivity index (χ3n) is 2.20. The lowest BCUT2D eigenvalue weighted by Gasteiger charge is -2.24. The van der Waals surface area contributed by atoms with Gasteiger partial charge in [-0.25, -0.2) is 0 Å². The first-order valence-corrected chi connectivity index (χ1v) is 5.20. The van der Waals surface area contributed by atoms with Gasteiger partial charge in [0, 0.05) is 17.5 Å². The number of rotatable bonds is 4. The molecule has 2 amide bonds. The minimum absolute atomic E-state index is 0.0663. The average Bonchev–Trinajstić information content (AvgIpc) is 2.15. The van der Waals surface area contributed by atoms with Gasteiger partial charge in [-0.2, -0.15) is 0 Å². The normalized spacial score (nSPS) is 10.9. The van der Waals surface area contributed by atoms with E-state index in [1.807, 2.05) is 0 Å². The number of amides is 2. The second-order valence-corrected chi connectivity index (χ2v) is 4.53. The monoisotopic (exact) mass is 236 g/mol. The molecule has 0 saturated carbocycles. The first kappa shape index (κ1) is 13.0. The fraction of sp³-hybridized carbons (Fsp3) is 0.333. The maximum absolute atomic E-state index is 11.8. The number of phenolic OH excluding ortho intramolecular Hbond substituents is 1. The number of phenols is 1. The summed E-state index contributed by atoms with van der Waals surface area (Å²) < 4.78 is 0. The van der Waals surface area contributed by atoms with Gasteiger partial charge in [0.25, 0.3) is 5.91 Å². The van der Waals surface area contributed by atoms with Gasteiger partial charge in [-0.05, 0) is 38.1 Å². The van der Waals surface area contributed by atoms with Crippen molar-refractivity contribution >= 4 is 11.8 Å². The van der Waals surface area contributed by atoms with Crippen molar-refractivity contribution in [2.45, 2.75) is 25.8 Å². The van der Waals surface area contributed by atoms with Gasteiger partial charge in [0.15, 0.2) is 0 Å². The number of nitrogens with one attached hydrogen (secondary N) is 1. The summed E-state index contributed by atoms with van der Waals surface area (Å²) in [5.41, 5.74) is 4.81. The summed E-state index contributed by atoms with van der Waals surface area (Å²) in [5, 5.41) is 11.8. The number of carbonyl (C=O) groups is 2. The van der Waals surface area contributed by atoms with Crippen molar-refractivity contribution in [3.63, 3.8) is 0 Å². The van der Waals surface area contributed by atoms with Crippen LogP contribution >= 0.6 is 0 Å². The van der Waals surface area contributed by atoms with Crippen molar-refractivity contribution in [2.24, 2.45) is 5.73 Å². The van der Waals surface area contributed by atoms with E-state index < -0.39 is 11.4 Å². The second kappa shape index (κ2) is 4.86. The molecule has 92 valence electrons. The van der Waals surface area contributed by atoms with Crippen LogP contribution in [0.5, 0.6) is 5.75 Å². The molecule has 0 atom stereocenters. The van der Waals surface area contributed by atoms with Crippen LogP contribution in [0, 0.1) is 0 Å². The molecule has 5 nitrogen and oxygen atoms in total. The minimum Gasteiger partial charge on any atom is -0.508 e. The summed E-state index contributed by atoms with van der Waals surface area (Å²) in [4.78, 5) is 22.6. The summed E-state index contributed by atoms with van der Waals surface area (Å²) in [6.07, 6.45) is 0.0663. The lowest BCUT2D eigenvalue weighted by molar-refractivity contribution is -0.119. The number of primary amides is 1. The van der Waals surface area contributed by atoms with Crippen LogP contribution in [0.2, 0.25) is 0 Å². The molecule has 0 aromatic heterocycles. The maximum atomic E-state index is 11.8. The lowest BCUT2D eigenvalue weighted by Crippen LogP contribution is -2.46. The van der Waals surface area contributed by atoms with Crippen molar-refractivity contribution in [1.29, 1.82) is 0 Å². The minimum atomic E-state index is -0.694. The van der Waals surface area contributed by atoms with Gasteiger partial charge in [0.2, 0.25) is 5.91 Å². The zero-order valence-electron chi connectivity index (χ0n) is 9.86. The highest BCUT2D eigenvalue weighted by atomic mass is 16.3. The molecule has 0 aliphatic carbocycles. The largest absolute Gasteiger partial charge is 0.508 e. The van der Waals surface area contributed by atoms with Crippen LogP contribution in [0.15, 0.2) is 24.3 Å². The Kier molecular flexibility index (Phi) is 3.73. The van der Waals surface area contributed by atoms with E-state index in [1.54, 1.807) is 13.8 Å². The highest BCUT2D eigenvalue weighted by molar-refractivity contribution is 5.95. The molecule has 4 N–H and O–H groups in total. The van der Waals surface area contributed by atoms with E-state index in [0.29, 0.717) is 5.56 Å². The van der Waals surface area contributed by atoms with E-state index in [9.17, 15) is 9.59 Å². The maximum Gasteiger partial charge on any atom is 0.251 e. The standard InChI is InChI=1S/C12H16N2O3/c1-12(2,7-10(13)16)14-11(17)8-3-5-9(15)6-4-8/h3-6,15H,7H2,1-2H3,(H2,13,16)(H,14,17). The fourth-order valence-corrected chi connectivity index (χ4v) is 1.47. The van der Waals surface area contributed by atoms with Crippen LogP contribution in [-0.2, 0) is 4.79 Å². The molecule has 17 heavy (non-hydrogen) atoms. The molecule has 0 bridgehead atoms. The topological polar surface area (TPSA) is 92.4 Å². The zero-order chi connectivity index (χ0) is 13.1. The van der Waals surface area contributed by atoms with Crippen molar-refractivity contribution in [2.75, 3.05) is 0 Å². The predicted octanol–water partition coefficient (Wildman–Crippen LogP) is 0.776. The SMILES string of the molecule is CC(C)(CC(N)=O)NC(=O)c1ccc(O)cc1. The molecule has 0 saturated heterocycles. The Hall–Kier alpha value is -2.04. The van der Waals surface area contributed by atoms with Crippen molar-refractivity contribution < 1.29 is 14.7 Å². The van der Waals surface area contributed by atoms with Crippen LogP contribution in [0.1, 0.15) is 30.6 Å². The Morgan fingerprint density at radius 2 is 1.82 bits per heavy atom. The van der Waals surface area contributed by atoms with Crippen LogP contribution in [0.3, 0.4) is 0 Å². The second-order valence-electron chi connectivity index (χ2n) is 4.53. The lowest BCUT2D eigenvalue weighted by atomic mass is 9.99.